The molecule has 0 fully saturated rings. The molecule has 0 heterocycles. The molecule has 0 atom stereocenters. The lowest BCUT2D eigenvalue weighted by atomic mass is 10.6. The first-order chi connectivity index (χ1) is 3.72. The van der Waals surface area contributed by atoms with E-state index in [2.05, 4.69) is 26.5 Å². The van der Waals surface area contributed by atoms with E-state index in [0.29, 0.717) is 4.32 Å². The fourth-order valence-corrected chi connectivity index (χ4v) is 1.04. The highest BCUT2D eigenvalue weighted by molar-refractivity contribution is 8.10. The molecule has 4 heteroatoms. The fourth-order valence-electron chi connectivity index (χ4n) is 0.494. The van der Waals surface area contributed by atoms with Gasteiger partial charge < -0.3 is 4.90 Å². The summed E-state index contributed by atoms with van der Waals surface area (Å²) in [5, 5.41) is 0. The van der Waals surface area contributed by atoms with E-state index in [1.165, 1.54) is 0 Å². The van der Waals surface area contributed by atoms with Crippen molar-refractivity contribution in [3.63, 3.8) is 0 Å². The highest BCUT2D eigenvalue weighted by Crippen LogP contribution is 1.93. The molecule has 0 aromatic carbocycles. The molecule has 0 saturated heterocycles. The quantitative estimate of drug-likeness (QED) is 0.512. The van der Waals surface area contributed by atoms with Crippen molar-refractivity contribution in [3.05, 3.63) is 0 Å². The predicted molar refractivity (Wildman–Crippen MR) is 54.9 cm³/mol. The molecule has 0 amide bonds. The Kier molecular flexibility index (Phi) is 9.15. The van der Waals surface area contributed by atoms with E-state index in [1.807, 2.05) is 4.90 Å². The smallest absolute Gasteiger partial charge is 0.133 e. The van der Waals surface area contributed by atoms with Crippen LogP contribution in [0.4, 0.5) is 0 Å². The zero-order valence-corrected chi connectivity index (χ0v) is 8.43. The van der Waals surface area contributed by atoms with Gasteiger partial charge >= 0.3 is 0 Å². The molecule has 0 saturated carbocycles. The summed E-state index contributed by atoms with van der Waals surface area (Å²) in [4.78, 5) is 2.01. The van der Waals surface area contributed by atoms with Gasteiger partial charge in [-0.3, -0.25) is 0 Å². The summed E-state index contributed by atoms with van der Waals surface area (Å²) in [6.07, 6.45) is 0. The number of thiol groups is 1. The van der Waals surface area contributed by atoms with Crippen LogP contribution in [-0.2, 0) is 0 Å². The molecule has 0 N–H and O–H groups in total. The monoisotopic (exact) mass is 183 g/mol. The van der Waals surface area contributed by atoms with Gasteiger partial charge in [-0.15, -0.1) is 12.6 Å². The molecule has 0 rings (SSSR count). The maximum absolute atomic E-state index is 4.81. The lowest BCUT2D eigenvalue weighted by Crippen LogP contribution is -2.24. The Morgan fingerprint density at radius 2 is 1.78 bits per heavy atom. The average molecular weight is 183 g/mol. The van der Waals surface area contributed by atoms with Crippen LogP contribution in [0.3, 0.4) is 0 Å². The van der Waals surface area contributed by atoms with E-state index in [-0.39, 0.29) is 13.5 Å². The minimum absolute atomic E-state index is 0. The van der Waals surface area contributed by atoms with Gasteiger partial charge in [-0.1, -0.05) is 12.2 Å². The van der Waals surface area contributed by atoms with E-state index < -0.39 is 0 Å². The van der Waals surface area contributed by atoms with Gasteiger partial charge in [-0.2, -0.15) is 13.5 Å². The molecule has 0 aromatic rings. The number of thiocarbonyl (C=S) groups is 1. The van der Waals surface area contributed by atoms with Crippen LogP contribution in [0.5, 0.6) is 0 Å². The first kappa shape index (κ1) is 12.3. The Morgan fingerprint density at radius 3 is 1.78 bits per heavy atom. The van der Waals surface area contributed by atoms with Crippen molar-refractivity contribution in [2.75, 3.05) is 13.1 Å². The molecular weight excluding hydrogens is 170 g/mol. The maximum atomic E-state index is 4.81. The lowest BCUT2D eigenvalue weighted by molar-refractivity contribution is 0.482. The molecule has 56 valence electrons. The van der Waals surface area contributed by atoms with Crippen LogP contribution in [0, 0.1) is 0 Å². The second-order valence-corrected chi connectivity index (χ2v) is 2.57. The van der Waals surface area contributed by atoms with E-state index >= 15 is 0 Å². The van der Waals surface area contributed by atoms with Crippen molar-refractivity contribution in [1.82, 2.24) is 4.90 Å². The van der Waals surface area contributed by atoms with Gasteiger partial charge in [0.25, 0.3) is 0 Å². The molecule has 0 aliphatic heterocycles. The number of nitrogens with zero attached hydrogens (tertiary/aromatic N) is 1. The van der Waals surface area contributed by atoms with Crippen molar-refractivity contribution in [2.24, 2.45) is 0 Å². The summed E-state index contributed by atoms with van der Waals surface area (Å²) in [6, 6.07) is 0. The van der Waals surface area contributed by atoms with Crippen molar-refractivity contribution < 1.29 is 0 Å². The number of hydrogen-bond acceptors (Lipinski definition) is 1. The van der Waals surface area contributed by atoms with Crippen LogP contribution in [-0.4, -0.2) is 22.3 Å². The summed E-state index contributed by atoms with van der Waals surface area (Å²) < 4.78 is 0.690. The second kappa shape index (κ2) is 6.71. The predicted octanol–water partition coefficient (Wildman–Crippen LogP) is 1.66. The van der Waals surface area contributed by atoms with Gasteiger partial charge in [0.2, 0.25) is 0 Å². The van der Waals surface area contributed by atoms with Gasteiger partial charge in [0.1, 0.15) is 4.32 Å². The topological polar surface area (TPSA) is 3.24 Å². The first-order valence-corrected chi connectivity index (χ1v) is 3.55. The third kappa shape index (κ3) is 5.06. The molecule has 9 heavy (non-hydrogen) atoms. The average Bonchev–Trinajstić information content (AvgIpc) is 1.69. The molecule has 1 nitrogen and oxygen atoms in total. The highest BCUT2D eigenvalue weighted by Gasteiger charge is 1.96. The largest absolute Gasteiger partial charge is 0.358 e. The van der Waals surface area contributed by atoms with Crippen LogP contribution in [0.1, 0.15) is 13.8 Å². The summed E-state index contributed by atoms with van der Waals surface area (Å²) in [6.45, 7) is 6.04. The zero-order chi connectivity index (χ0) is 6.57. The van der Waals surface area contributed by atoms with Crippen LogP contribution in [0.25, 0.3) is 0 Å². The summed E-state index contributed by atoms with van der Waals surface area (Å²) in [7, 11) is 0. The van der Waals surface area contributed by atoms with Gasteiger partial charge in [-0.25, -0.2) is 0 Å². The Labute approximate surface area is 74.7 Å². The SMILES string of the molecule is CCN(CC)C(=S)S.S. The summed E-state index contributed by atoms with van der Waals surface area (Å²) in [5.74, 6) is 0. The van der Waals surface area contributed by atoms with Gasteiger partial charge in [0.05, 0.1) is 0 Å². The van der Waals surface area contributed by atoms with E-state index in [0.717, 1.165) is 13.1 Å². The van der Waals surface area contributed by atoms with Crippen LogP contribution in [0.15, 0.2) is 0 Å². The van der Waals surface area contributed by atoms with Crippen molar-refractivity contribution in [1.29, 1.82) is 0 Å². The molecule has 0 aliphatic carbocycles. The first-order valence-electron chi connectivity index (χ1n) is 2.70. The summed E-state index contributed by atoms with van der Waals surface area (Å²) in [5.41, 5.74) is 0. The number of hydrogen-bond donors (Lipinski definition) is 1. The molecule has 0 radical (unpaired) electrons. The second-order valence-electron chi connectivity index (χ2n) is 1.45. The van der Waals surface area contributed by atoms with Gasteiger partial charge in [-0.05, 0) is 13.8 Å². The Morgan fingerprint density at radius 1 is 1.44 bits per heavy atom. The minimum Gasteiger partial charge on any atom is -0.358 e. The van der Waals surface area contributed by atoms with Crippen LogP contribution in [0.2, 0.25) is 0 Å². The minimum atomic E-state index is 0. The van der Waals surface area contributed by atoms with Crippen LogP contribution >= 0.6 is 38.3 Å². The Bertz CT molecular complexity index is 80.3. The maximum Gasteiger partial charge on any atom is 0.133 e. The fraction of sp³-hybridized carbons (Fsp3) is 0.800. The molecule has 0 unspecified atom stereocenters. The van der Waals surface area contributed by atoms with E-state index in [9.17, 15) is 0 Å². The standard InChI is InChI=1S/C5H11NS2.H2S/c1-3-6(4-2)5(7)8;/h3-4H2,1-2H3,(H,7,8);1H2. The van der Waals surface area contributed by atoms with E-state index in [1.54, 1.807) is 0 Å². The third-order valence-corrected chi connectivity index (χ3v) is 1.58. The Hall–Kier alpha value is 0.590. The molecule has 0 aliphatic rings. The van der Waals surface area contributed by atoms with E-state index in [4.69, 9.17) is 12.2 Å². The lowest BCUT2D eigenvalue weighted by Gasteiger charge is -2.16. The highest BCUT2D eigenvalue weighted by atomic mass is 32.1. The third-order valence-electron chi connectivity index (χ3n) is 1.03. The van der Waals surface area contributed by atoms with Crippen molar-refractivity contribution in [3.8, 4) is 0 Å². The number of rotatable bonds is 2. The zero-order valence-electron chi connectivity index (χ0n) is 5.72. The molecule has 0 bridgehead atoms. The molecule has 0 aromatic heterocycles. The van der Waals surface area contributed by atoms with Gasteiger partial charge in [0, 0.05) is 13.1 Å². The van der Waals surface area contributed by atoms with Crippen molar-refractivity contribution >= 4 is 42.7 Å². The van der Waals surface area contributed by atoms with Crippen LogP contribution < -0.4 is 0 Å². The molecular formula is C5H13NS3. The normalized spacial score (nSPS) is 7.89. The van der Waals surface area contributed by atoms with Crippen molar-refractivity contribution in [2.45, 2.75) is 13.8 Å². The van der Waals surface area contributed by atoms with Gasteiger partial charge in [0.15, 0.2) is 0 Å². The molecule has 0 spiro atoms. The Balaban J connectivity index is 0. The summed E-state index contributed by atoms with van der Waals surface area (Å²) >= 11 is 8.82.